The van der Waals surface area contributed by atoms with Crippen molar-refractivity contribution in [3.05, 3.63) is 17.0 Å². The molecule has 1 aliphatic heterocycles. The summed E-state index contributed by atoms with van der Waals surface area (Å²) in [5.41, 5.74) is 3.84. The topological polar surface area (TPSA) is 44.5 Å². The Morgan fingerprint density at radius 3 is 2.57 bits per heavy atom. The molecule has 2 rings (SSSR count). The van der Waals surface area contributed by atoms with Gasteiger partial charge in [-0.05, 0) is 33.1 Å². The Bertz CT molecular complexity index is 497. The van der Waals surface area contributed by atoms with E-state index in [-0.39, 0.29) is 6.61 Å². The smallest absolute Gasteiger partial charge is 0.0641 e. The van der Waals surface area contributed by atoms with E-state index in [1.807, 2.05) is 0 Å². The molecule has 0 aromatic carbocycles. The van der Waals surface area contributed by atoms with Crippen LogP contribution < -0.4 is 0 Å². The van der Waals surface area contributed by atoms with Crippen molar-refractivity contribution in [2.45, 2.75) is 60.2 Å². The number of nitrogens with zero attached hydrogens (tertiary/aromatic N) is 4. The minimum Gasteiger partial charge on any atom is -0.396 e. The van der Waals surface area contributed by atoms with Crippen LogP contribution in [0.2, 0.25) is 0 Å². The SMILES string of the molecule is CCn1nc(C)c(CN2CCN(CC(C)C)[C@@H](CCO)C2)c1C. The van der Waals surface area contributed by atoms with Gasteiger partial charge < -0.3 is 5.11 Å². The quantitative estimate of drug-likeness (QED) is 0.834. The average molecular weight is 322 g/mol. The number of aryl methyl sites for hydroxylation is 2. The van der Waals surface area contributed by atoms with Crippen molar-refractivity contribution in [1.29, 1.82) is 0 Å². The first-order valence-electron chi connectivity index (χ1n) is 9.06. The molecule has 132 valence electrons. The van der Waals surface area contributed by atoms with Crippen molar-refractivity contribution in [2.24, 2.45) is 5.92 Å². The van der Waals surface area contributed by atoms with Crippen molar-refractivity contribution in [1.82, 2.24) is 19.6 Å². The fourth-order valence-electron chi connectivity index (χ4n) is 3.73. The molecule has 1 atom stereocenters. The Labute approximate surface area is 141 Å². The van der Waals surface area contributed by atoms with Gasteiger partial charge in [-0.15, -0.1) is 0 Å². The van der Waals surface area contributed by atoms with Gasteiger partial charge in [0.25, 0.3) is 0 Å². The third-order valence-electron chi connectivity index (χ3n) is 4.96. The highest BCUT2D eigenvalue weighted by molar-refractivity contribution is 5.24. The lowest BCUT2D eigenvalue weighted by atomic mass is 10.0. The van der Waals surface area contributed by atoms with Crippen LogP contribution in [0.15, 0.2) is 0 Å². The zero-order valence-electron chi connectivity index (χ0n) is 15.5. The minimum absolute atomic E-state index is 0.277. The van der Waals surface area contributed by atoms with E-state index in [1.54, 1.807) is 0 Å². The average Bonchev–Trinajstić information content (AvgIpc) is 2.77. The number of piperazine rings is 1. The molecule has 0 amide bonds. The first-order chi connectivity index (χ1) is 11.0. The van der Waals surface area contributed by atoms with E-state index in [0.717, 1.165) is 51.4 Å². The van der Waals surface area contributed by atoms with Crippen LogP contribution in [-0.2, 0) is 13.1 Å². The second-order valence-corrected chi connectivity index (χ2v) is 7.26. The molecule has 5 nitrogen and oxygen atoms in total. The van der Waals surface area contributed by atoms with Crippen LogP contribution in [0, 0.1) is 19.8 Å². The van der Waals surface area contributed by atoms with Gasteiger partial charge in [0, 0.05) is 63.2 Å². The van der Waals surface area contributed by atoms with Gasteiger partial charge in [0.1, 0.15) is 0 Å². The third-order valence-corrected chi connectivity index (χ3v) is 4.96. The largest absolute Gasteiger partial charge is 0.396 e. The number of rotatable bonds is 7. The van der Waals surface area contributed by atoms with Gasteiger partial charge in [-0.25, -0.2) is 0 Å². The summed E-state index contributed by atoms with van der Waals surface area (Å²) >= 11 is 0. The van der Waals surface area contributed by atoms with E-state index >= 15 is 0 Å². The molecule has 1 aliphatic rings. The fourth-order valence-corrected chi connectivity index (χ4v) is 3.73. The van der Waals surface area contributed by atoms with E-state index in [9.17, 15) is 5.11 Å². The molecule has 1 N–H and O–H groups in total. The van der Waals surface area contributed by atoms with Crippen molar-refractivity contribution >= 4 is 0 Å². The first-order valence-corrected chi connectivity index (χ1v) is 9.06. The minimum atomic E-state index is 0.277. The molecule has 23 heavy (non-hydrogen) atoms. The number of hydrogen-bond donors (Lipinski definition) is 1. The van der Waals surface area contributed by atoms with Gasteiger partial charge in [-0.1, -0.05) is 13.8 Å². The van der Waals surface area contributed by atoms with E-state index in [1.165, 1.54) is 11.3 Å². The standard InChI is InChI=1S/C18H34N4O/c1-6-22-16(5)18(15(4)19-22)13-20-8-9-21(11-14(2)3)17(12-20)7-10-23/h14,17,23H,6-13H2,1-5H3/t17-/m0/s1. The predicted molar refractivity (Wildman–Crippen MR) is 94.6 cm³/mol. The summed E-state index contributed by atoms with van der Waals surface area (Å²) in [4.78, 5) is 5.10. The van der Waals surface area contributed by atoms with Crippen LogP contribution in [0.5, 0.6) is 0 Å². The summed E-state index contributed by atoms with van der Waals surface area (Å²) in [5.74, 6) is 0.676. The molecule has 0 radical (unpaired) electrons. The highest BCUT2D eigenvalue weighted by Gasteiger charge is 2.27. The summed E-state index contributed by atoms with van der Waals surface area (Å²) in [6.07, 6.45) is 0.870. The summed E-state index contributed by atoms with van der Waals surface area (Å²) in [5, 5.41) is 14.1. The fraction of sp³-hybridized carbons (Fsp3) is 0.833. The number of aliphatic hydroxyl groups excluding tert-OH is 1. The maximum absolute atomic E-state index is 9.41. The molecule has 2 heterocycles. The Kier molecular flexibility index (Phi) is 6.62. The van der Waals surface area contributed by atoms with E-state index in [0.29, 0.717) is 12.0 Å². The Balaban J connectivity index is 2.03. The maximum atomic E-state index is 9.41. The Morgan fingerprint density at radius 1 is 1.26 bits per heavy atom. The zero-order chi connectivity index (χ0) is 17.0. The normalized spacial score (nSPS) is 20.6. The summed E-state index contributed by atoms with van der Waals surface area (Å²) in [7, 11) is 0. The molecule has 5 heteroatoms. The van der Waals surface area contributed by atoms with Gasteiger partial charge in [0.05, 0.1) is 5.69 Å². The van der Waals surface area contributed by atoms with Crippen molar-refractivity contribution in [3.63, 3.8) is 0 Å². The summed E-state index contributed by atoms with van der Waals surface area (Å²) in [6.45, 7) is 17.6. The molecule has 1 saturated heterocycles. The summed E-state index contributed by atoms with van der Waals surface area (Å²) in [6, 6.07) is 0.470. The highest BCUT2D eigenvalue weighted by atomic mass is 16.3. The van der Waals surface area contributed by atoms with Crippen molar-refractivity contribution in [2.75, 3.05) is 32.8 Å². The van der Waals surface area contributed by atoms with Crippen LogP contribution in [0.25, 0.3) is 0 Å². The molecule has 1 aromatic rings. The van der Waals surface area contributed by atoms with E-state index < -0.39 is 0 Å². The molecule has 1 fully saturated rings. The van der Waals surface area contributed by atoms with E-state index in [4.69, 9.17) is 0 Å². The molecule has 0 bridgehead atoms. The molecular weight excluding hydrogens is 288 g/mol. The van der Waals surface area contributed by atoms with Gasteiger partial charge in [0.15, 0.2) is 0 Å². The van der Waals surface area contributed by atoms with Gasteiger partial charge in [-0.3, -0.25) is 14.5 Å². The number of hydrogen-bond acceptors (Lipinski definition) is 4. The lowest BCUT2D eigenvalue weighted by Gasteiger charge is -2.42. The molecule has 0 saturated carbocycles. The molecule has 0 spiro atoms. The zero-order valence-corrected chi connectivity index (χ0v) is 15.5. The summed E-state index contributed by atoms with van der Waals surface area (Å²) < 4.78 is 2.10. The first kappa shape index (κ1) is 18.4. The number of aromatic nitrogens is 2. The van der Waals surface area contributed by atoms with Crippen LogP contribution in [0.4, 0.5) is 0 Å². The Hall–Kier alpha value is -0.910. The molecule has 0 unspecified atom stereocenters. The monoisotopic (exact) mass is 322 g/mol. The van der Waals surface area contributed by atoms with Crippen LogP contribution in [-0.4, -0.2) is 63.5 Å². The number of aliphatic hydroxyl groups is 1. The van der Waals surface area contributed by atoms with Crippen molar-refractivity contribution < 1.29 is 5.11 Å². The van der Waals surface area contributed by atoms with Crippen LogP contribution >= 0.6 is 0 Å². The highest BCUT2D eigenvalue weighted by Crippen LogP contribution is 2.20. The molecule has 1 aromatic heterocycles. The van der Waals surface area contributed by atoms with E-state index in [2.05, 4.69) is 54.2 Å². The Morgan fingerprint density at radius 2 is 2.00 bits per heavy atom. The van der Waals surface area contributed by atoms with Crippen molar-refractivity contribution in [3.8, 4) is 0 Å². The van der Waals surface area contributed by atoms with Gasteiger partial charge >= 0.3 is 0 Å². The van der Waals surface area contributed by atoms with Gasteiger partial charge in [0.2, 0.25) is 0 Å². The predicted octanol–water partition coefficient (Wildman–Crippen LogP) is 2.04. The lowest BCUT2D eigenvalue weighted by molar-refractivity contribution is 0.0475. The van der Waals surface area contributed by atoms with Crippen LogP contribution in [0.1, 0.15) is 44.1 Å². The maximum Gasteiger partial charge on any atom is 0.0641 e. The molecular formula is C18H34N4O. The third kappa shape index (κ3) is 4.55. The van der Waals surface area contributed by atoms with Crippen LogP contribution in [0.3, 0.4) is 0 Å². The second-order valence-electron chi connectivity index (χ2n) is 7.26. The van der Waals surface area contributed by atoms with Gasteiger partial charge in [-0.2, -0.15) is 5.10 Å². The lowest BCUT2D eigenvalue weighted by Crippen LogP contribution is -2.53. The molecule has 0 aliphatic carbocycles. The second kappa shape index (κ2) is 8.27.